The molecule has 0 aromatic heterocycles. The lowest BCUT2D eigenvalue weighted by atomic mass is 9.71. The Morgan fingerprint density at radius 2 is 1.07 bits per heavy atom. The molecule has 1 N–H and O–H groups in total. The van der Waals surface area contributed by atoms with Gasteiger partial charge in [-0.1, -0.05) is 62.5 Å². The number of hydrogen-bond donors (Lipinski definition) is 1. The summed E-state index contributed by atoms with van der Waals surface area (Å²) >= 11 is 0. The molecule has 1 nitrogen and oxygen atoms in total. The topological polar surface area (TPSA) is 20.2 Å². The van der Waals surface area contributed by atoms with Crippen LogP contribution < -0.4 is 0 Å². The molecule has 1 heteroatoms. The van der Waals surface area contributed by atoms with Gasteiger partial charge in [0, 0.05) is 10.8 Å². The van der Waals surface area contributed by atoms with E-state index in [9.17, 15) is 5.11 Å². The Morgan fingerprint density at radius 1 is 0.786 bits per heavy atom. The molecular formula is C13H16O. The van der Waals surface area contributed by atoms with Crippen LogP contribution in [0.5, 0.6) is 0 Å². The number of rotatable bonds is 2. The van der Waals surface area contributed by atoms with E-state index in [-0.39, 0.29) is 10.8 Å². The van der Waals surface area contributed by atoms with Crippen LogP contribution in [0.4, 0.5) is 0 Å². The third-order valence-electron chi connectivity index (χ3n) is 3.22. The molecule has 0 atom stereocenters. The lowest BCUT2D eigenvalue weighted by molar-refractivity contribution is 0.0355. The van der Waals surface area contributed by atoms with E-state index in [2.05, 4.69) is 38.2 Å². The molecule has 0 spiro atoms. The molecule has 14 heavy (non-hydrogen) atoms. The fraction of sp³-hybridized carbons (Fsp3) is 0.385. The molecule has 0 aliphatic heterocycles. The van der Waals surface area contributed by atoms with E-state index in [4.69, 9.17) is 0 Å². The van der Waals surface area contributed by atoms with Crippen molar-refractivity contribution in [1.29, 1.82) is 0 Å². The molecule has 0 aromatic carbocycles. The first-order valence-electron chi connectivity index (χ1n) is 4.99. The summed E-state index contributed by atoms with van der Waals surface area (Å²) in [4.78, 5) is 0. The predicted octanol–water partition coefficient (Wildman–Crippen LogP) is 2.61. The number of hydrogen-bond acceptors (Lipinski definition) is 1. The van der Waals surface area contributed by atoms with Crippen molar-refractivity contribution in [2.24, 2.45) is 10.8 Å². The second kappa shape index (κ2) is 2.96. The molecule has 0 radical (unpaired) electrons. The van der Waals surface area contributed by atoms with Crippen LogP contribution >= 0.6 is 0 Å². The number of aliphatic hydroxyl groups excluding tert-OH is 1. The quantitative estimate of drug-likeness (QED) is 0.706. The van der Waals surface area contributed by atoms with Crippen molar-refractivity contribution >= 4 is 0 Å². The van der Waals surface area contributed by atoms with Crippen molar-refractivity contribution in [2.45, 2.75) is 20.0 Å². The van der Waals surface area contributed by atoms with E-state index in [0.29, 0.717) is 0 Å². The third-order valence-corrected chi connectivity index (χ3v) is 3.22. The Morgan fingerprint density at radius 3 is 1.36 bits per heavy atom. The molecule has 0 bridgehead atoms. The standard InChI is InChI=1S/C13H16O/c1-12(7-3-4-8-12)11(14)13(2)9-5-6-10-13/h3-11,14H,1-2H3. The monoisotopic (exact) mass is 188 g/mol. The van der Waals surface area contributed by atoms with Gasteiger partial charge in [0.15, 0.2) is 0 Å². The lowest BCUT2D eigenvalue weighted by Crippen LogP contribution is -2.39. The molecule has 2 rings (SSSR count). The summed E-state index contributed by atoms with van der Waals surface area (Å²) in [6.07, 6.45) is 15.8. The molecular weight excluding hydrogens is 172 g/mol. The largest absolute Gasteiger partial charge is 0.391 e. The van der Waals surface area contributed by atoms with Gasteiger partial charge >= 0.3 is 0 Å². The molecule has 0 fully saturated rings. The van der Waals surface area contributed by atoms with Gasteiger partial charge in [-0.05, 0) is 0 Å². The van der Waals surface area contributed by atoms with Crippen LogP contribution in [0.15, 0.2) is 48.6 Å². The number of aliphatic hydroxyl groups is 1. The summed E-state index contributed by atoms with van der Waals surface area (Å²) in [5, 5.41) is 10.4. The van der Waals surface area contributed by atoms with Crippen molar-refractivity contribution in [3.05, 3.63) is 48.6 Å². The van der Waals surface area contributed by atoms with Crippen molar-refractivity contribution in [2.75, 3.05) is 0 Å². The first-order valence-corrected chi connectivity index (χ1v) is 4.99. The van der Waals surface area contributed by atoms with Gasteiger partial charge in [-0.15, -0.1) is 0 Å². The average molecular weight is 188 g/mol. The minimum Gasteiger partial charge on any atom is -0.391 e. The molecule has 0 saturated carbocycles. The first-order chi connectivity index (χ1) is 6.57. The summed E-state index contributed by atoms with van der Waals surface area (Å²) in [6, 6.07) is 0. The zero-order valence-corrected chi connectivity index (χ0v) is 8.64. The Bertz CT molecular complexity index is 286. The van der Waals surface area contributed by atoms with Crippen molar-refractivity contribution in [3.63, 3.8) is 0 Å². The average Bonchev–Trinajstić information content (AvgIpc) is 2.75. The number of allylic oxidation sites excluding steroid dienone is 4. The molecule has 2 aliphatic rings. The van der Waals surface area contributed by atoms with Gasteiger partial charge in [0.2, 0.25) is 0 Å². The SMILES string of the molecule is CC1(C(O)C2(C)C=CC=C2)C=CC=C1. The zero-order chi connectivity index (χ0) is 10.2. The summed E-state index contributed by atoms with van der Waals surface area (Å²) in [7, 11) is 0. The van der Waals surface area contributed by atoms with Gasteiger partial charge in [-0.3, -0.25) is 0 Å². The van der Waals surface area contributed by atoms with Crippen LogP contribution in [0.25, 0.3) is 0 Å². The van der Waals surface area contributed by atoms with E-state index < -0.39 is 6.10 Å². The summed E-state index contributed by atoms with van der Waals surface area (Å²) in [5.41, 5.74) is -0.457. The zero-order valence-electron chi connectivity index (χ0n) is 8.64. The van der Waals surface area contributed by atoms with Crippen molar-refractivity contribution in [3.8, 4) is 0 Å². The van der Waals surface area contributed by atoms with E-state index in [1.54, 1.807) is 0 Å². The minimum atomic E-state index is -0.403. The Kier molecular flexibility index (Phi) is 2.00. The van der Waals surface area contributed by atoms with Crippen molar-refractivity contribution < 1.29 is 5.11 Å². The maximum atomic E-state index is 10.4. The highest BCUT2D eigenvalue weighted by Crippen LogP contribution is 2.42. The fourth-order valence-electron chi connectivity index (χ4n) is 2.20. The predicted molar refractivity (Wildman–Crippen MR) is 58.8 cm³/mol. The fourth-order valence-corrected chi connectivity index (χ4v) is 2.20. The summed E-state index contributed by atoms with van der Waals surface area (Å²) in [5.74, 6) is 0. The Labute approximate surface area is 85.1 Å². The second-order valence-electron chi connectivity index (χ2n) is 4.57. The van der Waals surface area contributed by atoms with E-state index in [1.807, 2.05) is 24.3 Å². The second-order valence-corrected chi connectivity index (χ2v) is 4.57. The maximum Gasteiger partial charge on any atom is 0.0785 e. The smallest absolute Gasteiger partial charge is 0.0785 e. The Balaban J connectivity index is 2.28. The van der Waals surface area contributed by atoms with Gasteiger partial charge in [0.05, 0.1) is 6.10 Å². The van der Waals surface area contributed by atoms with Crippen LogP contribution in [0.1, 0.15) is 13.8 Å². The van der Waals surface area contributed by atoms with Crippen molar-refractivity contribution in [1.82, 2.24) is 0 Å². The van der Waals surface area contributed by atoms with Gasteiger partial charge in [-0.2, -0.15) is 0 Å². The molecule has 0 unspecified atom stereocenters. The minimum absolute atomic E-state index is 0.228. The maximum absolute atomic E-state index is 10.4. The van der Waals surface area contributed by atoms with E-state index in [1.165, 1.54) is 0 Å². The summed E-state index contributed by atoms with van der Waals surface area (Å²) in [6.45, 7) is 4.12. The van der Waals surface area contributed by atoms with Gasteiger partial charge in [0.1, 0.15) is 0 Å². The highest BCUT2D eigenvalue weighted by Gasteiger charge is 2.41. The van der Waals surface area contributed by atoms with Crippen LogP contribution in [0.2, 0.25) is 0 Å². The van der Waals surface area contributed by atoms with Gasteiger partial charge in [0.25, 0.3) is 0 Å². The molecule has 0 saturated heterocycles. The summed E-state index contributed by atoms with van der Waals surface area (Å²) < 4.78 is 0. The van der Waals surface area contributed by atoms with Crippen LogP contribution in [0, 0.1) is 10.8 Å². The molecule has 0 aromatic rings. The van der Waals surface area contributed by atoms with Crippen LogP contribution in [-0.4, -0.2) is 11.2 Å². The Hall–Kier alpha value is -1.08. The molecule has 74 valence electrons. The first kappa shape index (κ1) is 9.47. The molecule has 0 amide bonds. The highest BCUT2D eigenvalue weighted by atomic mass is 16.3. The van der Waals surface area contributed by atoms with E-state index >= 15 is 0 Å². The van der Waals surface area contributed by atoms with E-state index in [0.717, 1.165) is 0 Å². The highest BCUT2D eigenvalue weighted by molar-refractivity contribution is 5.33. The van der Waals surface area contributed by atoms with Gasteiger partial charge < -0.3 is 5.11 Å². The lowest BCUT2D eigenvalue weighted by Gasteiger charge is -2.36. The third kappa shape index (κ3) is 1.28. The molecule has 2 aliphatic carbocycles. The molecule has 0 heterocycles. The van der Waals surface area contributed by atoms with Crippen LogP contribution in [0.3, 0.4) is 0 Å². The van der Waals surface area contributed by atoms with Gasteiger partial charge in [-0.25, -0.2) is 0 Å². The van der Waals surface area contributed by atoms with Crippen LogP contribution in [-0.2, 0) is 0 Å². The normalized spacial score (nSPS) is 25.4.